The summed E-state index contributed by atoms with van der Waals surface area (Å²) in [4.78, 5) is 0. The fourth-order valence-electron chi connectivity index (χ4n) is 2.29. The highest BCUT2D eigenvalue weighted by Gasteiger charge is 2.12. The summed E-state index contributed by atoms with van der Waals surface area (Å²) < 4.78 is 0. The Hall–Kier alpha value is -1.56. The van der Waals surface area contributed by atoms with Crippen LogP contribution in [0.5, 0.6) is 0 Å². The Morgan fingerprint density at radius 1 is 0.778 bits per heavy atom. The zero-order valence-corrected chi connectivity index (χ0v) is 11.6. The van der Waals surface area contributed by atoms with Crippen LogP contribution in [0.3, 0.4) is 0 Å². The average Bonchev–Trinajstić information content (AvgIpc) is 2.47. The quantitative estimate of drug-likeness (QED) is 0.659. The molecule has 94 valence electrons. The largest absolute Gasteiger partial charge is 0.0651 e. The molecule has 0 aliphatic rings. The molecule has 0 aliphatic carbocycles. The molecule has 2 unspecified atom stereocenters. The van der Waals surface area contributed by atoms with Crippen LogP contribution in [0.4, 0.5) is 0 Å². The van der Waals surface area contributed by atoms with Gasteiger partial charge in [-0.25, -0.2) is 0 Å². The van der Waals surface area contributed by atoms with E-state index >= 15 is 0 Å². The third kappa shape index (κ3) is 2.81. The topological polar surface area (TPSA) is 0 Å². The van der Waals surface area contributed by atoms with Gasteiger partial charge in [-0.15, -0.1) is 0 Å². The first kappa shape index (κ1) is 12.9. The lowest BCUT2D eigenvalue weighted by Gasteiger charge is -2.19. The zero-order valence-electron chi connectivity index (χ0n) is 11.6. The van der Waals surface area contributed by atoms with Gasteiger partial charge in [-0.2, -0.15) is 0 Å². The molecule has 0 aromatic heterocycles. The molecule has 0 aliphatic heterocycles. The minimum absolute atomic E-state index is 0.639. The first-order valence-corrected chi connectivity index (χ1v) is 6.87. The molecule has 0 N–H and O–H groups in total. The van der Waals surface area contributed by atoms with Crippen molar-refractivity contribution in [3.05, 3.63) is 60.2 Å². The fraction of sp³-hybridized carbons (Fsp3) is 0.333. The second-order valence-electron chi connectivity index (χ2n) is 5.16. The maximum atomic E-state index is 2.33. The maximum Gasteiger partial charge on any atom is -0.0165 e. The van der Waals surface area contributed by atoms with Crippen molar-refractivity contribution in [3.8, 4) is 11.1 Å². The van der Waals surface area contributed by atoms with Gasteiger partial charge in [0.1, 0.15) is 0 Å². The molecule has 0 heterocycles. The molecule has 2 aromatic carbocycles. The molecule has 2 rings (SSSR count). The van der Waals surface area contributed by atoms with E-state index in [1.165, 1.54) is 23.1 Å². The SMILES string of the molecule is CCC(C)C(C)c1ccc(-c2ccccc2)cc1. The molecule has 0 saturated heterocycles. The Balaban J connectivity index is 2.20. The van der Waals surface area contributed by atoms with Crippen LogP contribution in [0, 0.1) is 5.92 Å². The Labute approximate surface area is 111 Å². The Kier molecular flexibility index (Phi) is 4.19. The highest BCUT2D eigenvalue weighted by Crippen LogP contribution is 2.28. The van der Waals surface area contributed by atoms with Crippen LogP contribution in [0.2, 0.25) is 0 Å². The molecular formula is C18H22. The fourth-order valence-corrected chi connectivity index (χ4v) is 2.29. The van der Waals surface area contributed by atoms with Gasteiger partial charge in [0.25, 0.3) is 0 Å². The standard InChI is InChI=1S/C18H22/c1-4-14(2)15(3)16-10-12-18(13-11-16)17-8-6-5-7-9-17/h5-15H,4H2,1-3H3. The predicted molar refractivity (Wildman–Crippen MR) is 79.7 cm³/mol. The second kappa shape index (κ2) is 5.86. The third-order valence-corrected chi connectivity index (χ3v) is 4.04. The van der Waals surface area contributed by atoms with E-state index in [9.17, 15) is 0 Å². The van der Waals surface area contributed by atoms with Crippen molar-refractivity contribution in [3.63, 3.8) is 0 Å². The molecule has 0 spiro atoms. The summed E-state index contributed by atoms with van der Waals surface area (Å²) in [6.07, 6.45) is 1.24. The molecule has 0 amide bonds. The highest BCUT2D eigenvalue weighted by atomic mass is 14.2. The first-order valence-electron chi connectivity index (χ1n) is 6.87. The van der Waals surface area contributed by atoms with E-state index in [1.807, 2.05) is 0 Å². The summed E-state index contributed by atoms with van der Waals surface area (Å²) in [5.41, 5.74) is 4.04. The molecule has 2 atom stereocenters. The Morgan fingerprint density at radius 2 is 1.33 bits per heavy atom. The smallest absolute Gasteiger partial charge is 0.0165 e. The van der Waals surface area contributed by atoms with Gasteiger partial charge in [0.2, 0.25) is 0 Å². The summed E-state index contributed by atoms with van der Waals surface area (Å²) in [7, 11) is 0. The number of hydrogen-bond donors (Lipinski definition) is 0. The first-order chi connectivity index (χ1) is 8.72. The summed E-state index contributed by atoms with van der Waals surface area (Å²) in [6, 6.07) is 19.6. The Morgan fingerprint density at radius 3 is 1.89 bits per heavy atom. The number of rotatable bonds is 4. The van der Waals surface area contributed by atoms with Crippen LogP contribution in [-0.4, -0.2) is 0 Å². The van der Waals surface area contributed by atoms with Gasteiger partial charge in [-0.05, 0) is 28.5 Å². The highest BCUT2D eigenvalue weighted by molar-refractivity contribution is 5.63. The molecule has 0 bridgehead atoms. The molecule has 0 heteroatoms. The van der Waals surface area contributed by atoms with Crippen molar-refractivity contribution in [2.24, 2.45) is 5.92 Å². The summed E-state index contributed by atoms with van der Waals surface area (Å²) in [5, 5.41) is 0. The summed E-state index contributed by atoms with van der Waals surface area (Å²) in [6.45, 7) is 6.92. The minimum Gasteiger partial charge on any atom is -0.0651 e. The van der Waals surface area contributed by atoms with E-state index in [1.54, 1.807) is 0 Å². The zero-order chi connectivity index (χ0) is 13.0. The van der Waals surface area contributed by atoms with Gasteiger partial charge >= 0.3 is 0 Å². The van der Waals surface area contributed by atoms with Gasteiger partial charge in [0, 0.05) is 0 Å². The average molecular weight is 238 g/mol. The van der Waals surface area contributed by atoms with Gasteiger partial charge in [0.05, 0.1) is 0 Å². The second-order valence-corrected chi connectivity index (χ2v) is 5.16. The molecule has 0 saturated carbocycles. The summed E-state index contributed by atoms with van der Waals surface area (Å²) >= 11 is 0. The lowest BCUT2D eigenvalue weighted by Crippen LogP contribution is -2.04. The van der Waals surface area contributed by atoms with E-state index in [4.69, 9.17) is 0 Å². The molecule has 18 heavy (non-hydrogen) atoms. The third-order valence-electron chi connectivity index (χ3n) is 4.04. The number of benzene rings is 2. The number of hydrogen-bond acceptors (Lipinski definition) is 0. The normalized spacial score (nSPS) is 14.2. The van der Waals surface area contributed by atoms with Crippen LogP contribution in [0.1, 0.15) is 38.7 Å². The molecule has 0 nitrogen and oxygen atoms in total. The van der Waals surface area contributed by atoms with Gasteiger partial charge < -0.3 is 0 Å². The lowest BCUT2D eigenvalue weighted by molar-refractivity contribution is 0.473. The monoisotopic (exact) mass is 238 g/mol. The van der Waals surface area contributed by atoms with Gasteiger partial charge in [0.15, 0.2) is 0 Å². The molecule has 2 aromatic rings. The van der Waals surface area contributed by atoms with E-state index in [0.29, 0.717) is 5.92 Å². The van der Waals surface area contributed by atoms with Crippen molar-refractivity contribution in [2.75, 3.05) is 0 Å². The van der Waals surface area contributed by atoms with Gasteiger partial charge in [-0.1, -0.05) is 81.8 Å². The van der Waals surface area contributed by atoms with Crippen molar-refractivity contribution in [1.82, 2.24) is 0 Å². The van der Waals surface area contributed by atoms with E-state index in [0.717, 1.165) is 5.92 Å². The van der Waals surface area contributed by atoms with Crippen molar-refractivity contribution in [2.45, 2.75) is 33.1 Å². The van der Waals surface area contributed by atoms with Crippen molar-refractivity contribution >= 4 is 0 Å². The van der Waals surface area contributed by atoms with Crippen molar-refractivity contribution in [1.29, 1.82) is 0 Å². The minimum atomic E-state index is 0.639. The van der Waals surface area contributed by atoms with Crippen LogP contribution in [0.15, 0.2) is 54.6 Å². The molecule has 0 radical (unpaired) electrons. The molecule has 0 fully saturated rings. The van der Waals surface area contributed by atoms with E-state index < -0.39 is 0 Å². The lowest BCUT2D eigenvalue weighted by atomic mass is 9.86. The molecular weight excluding hydrogens is 216 g/mol. The predicted octanol–water partition coefficient (Wildman–Crippen LogP) is 5.50. The van der Waals surface area contributed by atoms with Crippen molar-refractivity contribution < 1.29 is 0 Å². The van der Waals surface area contributed by atoms with Crippen LogP contribution >= 0.6 is 0 Å². The Bertz CT molecular complexity index is 467. The van der Waals surface area contributed by atoms with Gasteiger partial charge in [-0.3, -0.25) is 0 Å². The van der Waals surface area contributed by atoms with E-state index in [-0.39, 0.29) is 0 Å². The van der Waals surface area contributed by atoms with E-state index in [2.05, 4.69) is 75.4 Å². The van der Waals surface area contributed by atoms with Crippen LogP contribution in [-0.2, 0) is 0 Å². The summed E-state index contributed by atoms with van der Waals surface area (Å²) in [5.74, 6) is 1.38. The van der Waals surface area contributed by atoms with Crippen LogP contribution in [0.25, 0.3) is 11.1 Å². The maximum absolute atomic E-state index is 2.33. The van der Waals surface area contributed by atoms with Crippen LogP contribution < -0.4 is 0 Å².